The molecule has 2 aromatic carbocycles. The zero-order chi connectivity index (χ0) is 15.4. The van der Waals surface area contributed by atoms with Crippen LogP contribution in [0.3, 0.4) is 0 Å². The standard InChI is InChI=1S/C15H12ClN3O2/c1-18(13-4-2-11(9-17)3-5-13)10-12-8-14(19(20)21)6-7-15(12)16/h2-8H,10H2,1H3. The average Bonchev–Trinajstić information content (AvgIpc) is 2.49. The van der Waals surface area contributed by atoms with Crippen LogP contribution in [0.25, 0.3) is 0 Å². The van der Waals surface area contributed by atoms with Crippen molar-refractivity contribution in [3.8, 4) is 6.07 Å². The first-order chi connectivity index (χ1) is 10.0. The van der Waals surface area contributed by atoms with Crippen LogP contribution in [0.2, 0.25) is 5.02 Å². The number of non-ortho nitro benzene ring substituents is 1. The van der Waals surface area contributed by atoms with Gasteiger partial charge >= 0.3 is 0 Å². The third kappa shape index (κ3) is 3.50. The number of hydrogen-bond acceptors (Lipinski definition) is 4. The number of nitro groups is 1. The second kappa shape index (κ2) is 6.25. The van der Waals surface area contributed by atoms with E-state index in [9.17, 15) is 10.1 Å². The summed E-state index contributed by atoms with van der Waals surface area (Å²) in [7, 11) is 1.86. The molecule has 5 nitrogen and oxygen atoms in total. The Morgan fingerprint density at radius 2 is 1.95 bits per heavy atom. The zero-order valence-corrected chi connectivity index (χ0v) is 12.0. The van der Waals surface area contributed by atoms with Crippen LogP contribution in [0.5, 0.6) is 0 Å². The van der Waals surface area contributed by atoms with Gasteiger partial charge in [-0.05, 0) is 35.9 Å². The molecule has 0 heterocycles. The van der Waals surface area contributed by atoms with Crippen molar-refractivity contribution in [2.75, 3.05) is 11.9 Å². The summed E-state index contributed by atoms with van der Waals surface area (Å²) in [5.74, 6) is 0. The van der Waals surface area contributed by atoms with Crippen molar-refractivity contribution in [1.29, 1.82) is 5.26 Å². The molecule has 0 N–H and O–H groups in total. The van der Waals surface area contributed by atoms with E-state index in [-0.39, 0.29) is 5.69 Å². The Bertz CT molecular complexity index is 708. The van der Waals surface area contributed by atoms with E-state index in [2.05, 4.69) is 6.07 Å². The summed E-state index contributed by atoms with van der Waals surface area (Å²) in [5, 5.41) is 20.1. The first-order valence-electron chi connectivity index (χ1n) is 6.15. The van der Waals surface area contributed by atoms with Gasteiger partial charge in [-0.25, -0.2) is 0 Å². The van der Waals surface area contributed by atoms with Crippen molar-refractivity contribution in [2.45, 2.75) is 6.54 Å². The molecule has 0 aliphatic heterocycles. The van der Waals surface area contributed by atoms with E-state index in [1.165, 1.54) is 18.2 Å². The lowest BCUT2D eigenvalue weighted by Crippen LogP contribution is -2.16. The highest BCUT2D eigenvalue weighted by Gasteiger charge is 2.11. The van der Waals surface area contributed by atoms with Crippen LogP contribution in [0.15, 0.2) is 42.5 Å². The summed E-state index contributed by atoms with van der Waals surface area (Å²) in [4.78, 5) is 12.3. The molecule has 106 valence electrons. The van der Waals surface area contributed by atoms with Crippen LogP contribution in [0, 0.1) is 21.4 Å². The van der Waals surface area contributed by atoms with Gasteiger partial charge in [0.2, 0.25) is 0 Å². The van der Waals surface area contributed by atoms with Gasteiger partial charge in [-0.1, -0.05) is 11.6 Å². The minimum atomic E-state index is -0.443. The maximum atomic E-state index is 10.8. The van der Waals surface area contributed by atoms with E-state index in [0.29, 0.717) is 22.7 Å². The van der Waals surface area contributed by atoms with Crippen LogP contribution < -0.4 is 4.90 Å². The molecule has 2 rings (SSSR count). The number of nitriles is 1. The molecule has 0 aromatic heterocycles. The summed E-state index contributed by atoms with van der Waals surface area (Å²) in [6.07, 6.45) is 0. The second-order valence-electron chi connectivity index (χ2n) is 4.55. The number of rotatable bonds is 4. The van der Waals surface area contributed by atoms with Crippen LogP contribution in [-0.2, 0) is 6.54 Å². The van der Waals surface area contributed by atoms with Gasteiger partial charge in [0.1, 0.15) is 0 Å². The Hall–Kier alpha value is -2.58. The van der Waals surface area contributed by atoms with Crippen molar-refractivity contribution in [2.24, 2.45) is 0 Å². The lowest BCUT2D eigenvalue weighted by Gasteiger charge is -2.20. The van der Waals surface area contributed by atoms with E-state index in [4.69, 9.17) is 16.9 Å². The van der Waals surface area contributed by atoms with E-state index in [0.717, 1.165) is 5.69 Å². The van der Waals surface area contributed by atoms with Crippen molar-refractivity contribution >= 4 is 23.0 Å². The molecular weight excluding hydrogens is 290 g/mol. The smallest absolute Gasteiger partial charge is 0.269 e. The van der Waals surface area contributed by atoms with Crippen LogP contribution in [0.1, 0.15) is 11.1 Å². The van der Waals surface area contributed by atoms with Crippen molar-refractivity contribution in [3.05, 3.63) is 68.7 Å². The van der Waals surface area contributed by atoms with Crippen molar-refractivity contribution in [1.82, 2.24) is 0 Å². The molecule has 2 aromatic rings. The number of hydrogen-bond donors (Lipinski definition) is 0. The Labute approximate surface area is 127 Å². The first-order valence-corrected chi connectivity index (χ1v) is 6.53. The largest absolute Gasteiger partial charge is 0.370 e. The maximum absolute atomic E-state index is 10.8. The molecule has 0 radical (unpaired) electrons. The van der Waals surface area contributed by atoms with Crippen molar-refractivity contribution in [3.63, 3.8) is 0 Å². The fourth-order valence-corrected chi connectivity index (χ4v) is 2.11. The van der Waals surface area contributed by atoms with Gasteiger partial charge in [0, 0.05) is 36.4 Å². The molecule has 0 bridgehead atoms. The van der Waals surface area contributed by atoms with E-state index in [1.54, 1.807) is 12.1 Å². The highest BCUT2D eigenvalue weighted by Crippen LogP contribution is 2.25. The van der Waals surface area contributed by atoms with Gasteiger partial charge in [-0.15, -0.1) is 0 Å². The van der Waals surface area contributed by atoms with E-state index < -0.39 is 4.92 Å². The zero-order valence-electron chi connectivity index (χ0n) is 11.3. The summed E-state index contributed by atoms with van der Waals surface area (Å²) < 4.78 is 0. The minimum absolute atomic E-state index is 0.0163. The van der Waals surface area contributed by atoms with Gasteiger partial charge in [0.15, 0.2) is 0 Å². The van der Waals surface area contributed by atoms with Gasteiger partial charge in [-0.2, -0.15) is 5.26 Å². The molecule has 0 spiro atoms. The van der Waals surface area contributed by atoms with Gasteiger partial charge in [-0.3, -0.25) is 10.1 Å². The third-order valence-corrected chi connectivity index (χ3v) is 3.45. The number of benzene rings is 2. The highest BCUT2D eigenvalue weighted by molar-refractivity contribution is 6.31. The SMILES string of the molecule is CN(Cc1cc([N+](=O)[O-])ccc1Cl)c1ccc(C#N)cc1. The molecule has 0 saturated carbocycles. The normalized spacial score (nSPS) is 9.95. The topological polar surface area (TPSA) is 70.2 Å². The molecule has 0 aliphatic carbocycles. The number of anilines is 1. The molecular formula is C15H12ClN3O2. The molecule has 0 amide bonds. The van der Waals surface area contributed by atoms with Gasteiger partial charge < -0.3 is 4.90 Å². The van der Waals surface area contributed by atoms with E-state index in [1.807, 2.05) is 24.1 Å². The maximum Gasteiger partial charge on any atom is 0.269 e. The fraction of sp³-hybridized carbons (Fsp3) is 0.133. The lowest BCUT2D eigenvalue weighted by molar-refractivity contribution is -0.384. The monoisotopic (exact) mass is 301 g/mol. The fourth-order valence-electron chi connectivity index (χ4n) is 1.93. The quantitative estimate of drug-likeness (QED) is 0.637. The summed E-state index contributed by atoms with van der Waals surface area (Å²) >= 11 is 6.09. The molecule has 21 heavy (non-hydrogen) atoms. The minimum Gasteiger partial charge on any atom is -0.370 e. The second-order valence-corrected chi connectivity index (χ2v) is 4.95. The summed E-state index contributed by atoms with van der Waals surface area (Å²) in [6, 6.07) is 13.5. The molecule has 0 aliphatic rings. The Morgan fingerprint density at radius 1 is 1.29 bits per heavy atom. The summed E-state index contributed by atoms with van der Waals surface area (Å²) in [6.45, 7) is 0.437. The van der Waals surface area contributed by atoms with Crippen LogP contribution >= 0.6 is 11.6 Å². The predicted octanol–water partition coefficient (Wildman–Crippen LogP) is 3.76. The number of nitrogens with zero attached hydrogens (tertiary/aromatic N) is 3. The Balaban J connectivity index is 2.22. The number of halogens is 1. The predicted molar refractivity (Wildman–Crippen MR) is 81.4 cm³/mol. The highest BCUT2D eigenvalue weighted by atomic mass is 35.5. The molecule has 0 saturated heterocycles. The van der Waals surface area contributed by atoms with Crippen LogP contribution in [0.4, 0.5) is 11.4 Å². The average molecular weight is 302 g/mol. The molecule has 0 unspecified atom stereocenters. The summed E-state index contributed by atoms with van der Waals surface area (Å²) in [5.41, 5.74) is 2.18. The van der Waals surface area contributed by atoms with Gasteiger partial charge in [0.25, 0.3) is 5.69 Å². The van der Waals surface area contributed by atoms with Crippen molar-refractivity contribution < 1.29 is 4.92 Å². The molecule has 6 heteroatoms. The molecule has 0 atom stereocenters. The van der Waals surface area contributed by atoms with Gasteiger partial charge in [0.05, 0.1) is 16.6 Å². The lowest BCUT2D eigenvalue weighted by atomic mass is 10.1. The third-order valence-electron chi connectivity index (χ3n) is 3.08. The van der Waals surface area contributed by atoms with Crippen LogP contribution in [-0.4, -0.2) is 12.0 Å². The Morgan fingerprint density at radius 3 is 2.52 bits per heavy atom. The van der Waals surface area contributed by atoms with E-state index >= 15 is 0 Å². The first kappa shape index (κ1) is 14.8. The Kier molecular flexibility index (Phi) is 4.41. The number of nitro benzene ring substituents is 1. The molecule has 0 fully saturated rings.